The van der Waals surface area contributed by atoms with Gasteiger partial charge in [0.15, 0.2) is 0 Å². The molecular formula is C12H18N2O3S. The summed E-state index contributed by atoms with van der Waals surface area (Å²) in [6.07, 6.45) is 1.99. The van der Waals surface area contributed by atoms with E-state index < -0.39 is 0 Å². The van der Waals surface area contributed by atoms with E-state index in [1.165, 1.54) is 0 Å². The monoisotopic (exact) mass is 270 g/mol. The van der Waals surface area contributed by atoms with Gasteiger partial charge in [-0.3, -0.25) is 0 Å². The summed E-state index contributed by atoms with van der Waals surface area (Å²) in [5, 5.41) is 5.33. The van der Waals surface area contributed by atoms with Gasteiger partial charge in [-0.25, -0.2) is 4.79 Å². The molecule has 0 fully saturated rings. The zero-order chi connectivity index (χ0) is 13.2. The first-order chi connectivity index (χ1) is 8.76. The maximum atomic E-state index is 11.5. The van der Waals surface area contributed by atoms with Crippen LogP contribution < -0.4 is 10.6 Å². The molecule has 0 atom stereocenters. The van der Waals surface area contributed by atoms with E-state index in [-0.39, 0.29) is 12.8 Å². The zero-order valence-corrected chi connectivity index (χ0v) is 11.4. The van der Waals surface area contributed by atoms with E-state index in [0.717, 1.165) is 10.6 Å². The first-order valence-electron chi connectivity index (χ1n) is 5.52. The van der Waals surface area contributed by atoms with Gasteiger partial charge in [-0.05, 0) is 24.5 Å². The Kier molecular flexibility index (Phi) is 7.24. The van der Waals surface area contributed by atoms with Crippen LogP contribution >= 0.6 is 11.8 Å². The number of carbonyl (C=O) groups is 1. The Hall–Kier alpha value is -1.24. The first kappa shape index (κ1) is 14.8. The smallest absolute Gasteiger partial charge is 0.321 e. The highest BCUT2D eigenvalue weighted by molar-refractivity contribution is 7.98. The third kappa shape index (κ3) is 5.90. The number of benzene rings is 1. The summed E-state index contributed by atoms with van der Waals surface area (Å²) in [5.74, 6) is 0. The molecule has 0 saturated carbocycles. The van der Waals surface area contributed by atoms with Gasteiger partial charge in [0.2, 0.25) is 0 Å². The highest BCUT2D eigenvalue weighted by atomic mass is 32.2. The Labute approximate surface area is 111 Å². The maximum absolute atomic E-state index is 11.5. The van der Waals surface area contributed by atoms with Crippen LogP contribution in [0.15, 0.2) is 29.2 Å². The van der Waals surface area contributed by atoms with E-state index in [0.29, 0.717) is 13.2 Å². The van der Waals surface area contributed by atoms with Gasteiger partial charge in [0.25, 0.3) is 0 Å². The van der Waals surface area contributed by atoms with Crippen LogP contribution in [0.25, 0.3) is 0 Å². The van der Waals surface area contributed by atoms with Crippen molar-refractivity contribution in [2.75, 3.05) is 38.6 Å². The van der Waals surface area contributed by atoms with Gasteiger partial charge >= 0.3 is 6.03 Å². The predicted octanol–water partition coefficient (Wildman–Crippen LogP) is 2.15. The number of urea groups is 1. The minimum Gasteiger partial charge on any atom is -0.382 e. The molecule has 0 spiro atoms. The molecule has 2 N–H and O–H groups in total. The second-order valence-electron chi connectivity index (χ2n) is 3.41. The molecule has 0 radical (unpaired) electrons. The normalized spacial score (nSPS) is 10.1. The van der Waals surface area contributed by atoms with Gasteiger partial charge in [-0.2, -0.15) is 0 Å². The molecule has 0 unspecified atom stereocenters. The third-order valence-electron chi connectivity index (χ3n) is 2.09. The Balaban J connectivity index is 2.26. The fraction of sp³-hybridized carbons (Fsp3) is 0.417. The van der Waals surface area contributed by atoms with E-state index >= 15 is 0 Å². The van der Waals surface area contributed by atoms with Crippen molar-refractivity contribution in [3.8, 4) is 0 Å². The second kappa shape index (κ2) is 8.79. The molecule has 0 bridgehead atoms. The number of ether oxygens (including phenoxy) is 2. The summed E-state index contributed by atoms with van der Waals surface area (Å²) in [6, 6.07) is 7.35. The first-order valence-corrected chi connectivity index (χ1v) is 6.74. The van der Waals surface area contributed by atoms with Crippen LogP contribution in [0.4, 0.5) is 10.5 Å². The Morgan fingerprint density at radius 2 is 2.22 bits per heavy atom. The molecule has 5 nitrogen and oxygen atoms in total. The average molecular weight is 270 g/mol. The van der Waals surface area contributed by atoms with Gasteiger partial charge in [0.1, 0.15) is 6.73 Å². The predicted molar refractivity (Wildman–Crippen MR) is 73.1 cm³/mol. The van der Waals surface area contributed by atoms with Gasteiger partial charge in [-0.1, -0.05) is 6.07 Å². The number of hydrogen-bond donors (Lipinski definition) is 2. The highest BCUT2D eigenvalue weighted by Crippen LogP contribution is 2.18. The molecule has 0 saturated heterocycles. The molecule has 0 aliphatic rings. The topological polar surface area (TPSA) is 59.6 Å². The molecule has 0 aliphatic carbocycles. The van der Waals surface area contributed by atoms with Crippen LogP contribution in [0, 0.1) is 0 Å². The standard InChI is InChI=1S/C12H18N2O3S/c1-16-6-7-17-9-13-12(15)14-10-4-3-5-11(8-10)18-2/h3-5,8H,6-7,9H2,1-2H3,(H2,13,14,15). The summed E-state index contributed by atoms with van der Waals surface area (Å²) >= 11 is 1.63. The lowest BCUT2D eigenvalue weighted by atomic mass is 10.3. The molecule has 6 heteroatoms. The molecule has 0 aliphatic heterocycles. The third-order valence-corrected chi connectivity index (χ3v) is 2.82. The summed E-state index contributed by atoms with van der Waals surface area (Å²) in [7, 11) is 1.60. The number of carbonyl (C=O) groups excluding carboxylic acids is 1. The number of methoxy groups -OCH3 is 1. The van der Waals surface area contributed by atoms with E-state index in [2.05, 4.69) is 10.6 Å². The number of nitrogens with one attached hydrogen (secondary N) is 2. The number of rotatable bonds is 7. The number of amides is 2. The molecule has 2 amide bonds. The van der Waals surface area contributed by atoms with E-state index in [1.807, 2.05) is 30.5 Å². The van der Waals surface area contributed by atoms with E-state index in [4.69, 9.17) is 9.47 Å². The lowest BCUT2D eigenvalue weighted by molar-refractivity contribution is 0.0650. The minimum atomic E-state index is -0.286. The zero-order valence-electron chi connectivity index (χ0n) is 10.6. The number of thioether (sulfide) groups is 1. The summed E-state index contributed by atoms with van der Waals surface area (Å²) in [6.45, 7) is 1.13. The molecule has 1 aromatic rings. The Morgan fingerprint density at radius 3 is 2.94 bits per heavy atom. The maximum Gasteiger partial charge on any atom is 0.321 e. The van der Waals surface area contributed by atoms with Crippen LogP contribution in [0.1, 0.15) is 0 Å². The van der Waals surface area contributed by atoms with Crippen molar-refractivity contribution in [2.24, 2.45) is 0 Å². The number of anilines is 1. The average Bonchev–Trinajstić information content (AvgIpc) is 2.38. The van der Waals surface area contributed by atoms with Crippen LogP contribution in [-0.4, -0.2) is 39.3 Å². The summed E-state index contributed by atoms with van der Waals surface area (Å²) in [4.78, 5) is 12.6. The SMILES string of the molecule is COCCOCNC(=O)Nc1cccc(SC)c1. The largest absolute Gasteiger partial charge is 0.382 e. The van der Waals surface area contributed by atoms with Crippen molar-refractivity contribution < 1.29 is 14.3 Å². The van der Waals surface area contributed by atoms with Gasteiger partial charge in [0, 0.05) is 17.7 Å². The second-order valence-corrected chi connectivity index (χ2v) is 4.29. The van der Waals surface area contributed by atoms with Crippen molar-refractivity contribution in [3.63, 3.8) is 0 Å². The fourth-order valence-electron chi connectivity index (χ4n) is 1.21. The minimum absolute atomic E-state index is 0.164. The van der Waals surface area contributed by atoms with Crippen LogP contribution in [0.2, 0.25) is 0 Å². The van der Waals surface area contributed by atoms with Crippen molar-refractivity contribution in [2.45, 2.75) is 4.90 Å². The van der Waals surface area contributed by atoms with E-state index in [1.54, 1.807) is 18.9 Å². The quantitative estimate of drug-likeness (QED) is 0.453. The molecule has 1 aromatic carbocycles. The Bertz CT molecular complexity index is 374. The van der Waals surface area contributed by atoms with Crippen molar-refractivity contribution in [1.29, 1.82) is 0 Å². The van der Waals surface area contributed by atoms with Crippen molar-refractivity contribution >= 4 is 23.5 Å². The van der Waals surface area contributed by atoms with Gasteiger partial charge < -0.3 is 20.1 Å². The van der Waals surface area contributed by atoms with Gasteiger partial charge in [-0.15, -0.1) is 11.8 Å². The number of hydrogen-bond acceptors (Lipinski definition) is 4. The van der Waals surface area contributed by atoms with Crippen molar-refractivity contribution in [1.82, 2.24) is 5.32 Å². The molecule has 0 heterocycles. The Morgan fingerprint density at radius 1 is 1.39 bits per heavy atom. The fourth-order valence-corrected chi connectivity index (χ4v) is 1.67. The molecule has 18 heavy (non-hydrogen) atoms. The van der Waals surface area contributed by atoms with Crippen molar-refractivity contribution in [3.05, 3.63) is 24.3 Å². The van der Waals surface area contributed by atoms with Crippen LogP contribution in [0.3, 0.4) is 0 Å². The molecular weight excluding hydrogens is 252 g/mol. The molecule has 0 aromatic heterocycles. The highest BCUT2D eigenvalue weighted by Gasteiger charge is 2.01. The molecule has 1 rings (SSSR count). The summed E-state index contributed by atoms with van der Waals surface area (Å²) in [5.41, 5.74) is 0.760. The molecule has 100 valence electrons. The summed E-state index contributed by atoms with van der Waals surface area (Å²) < 4.78 is 9.94. The van der Waals surface area contributed by atoms with Crippen LogP contribution in [-0.2, 0) is 9.47 Å². The lowest BCUT2D eigenvalue weighted by Crippen LogP contribution is -2.31. The van der Waals surface area contributed by atoms with Crippen LogP contribution in [0.5, 0.6) is 0 Å². The van der Waals surface area contributed by atoms with E-state index in [9.17, 15) is 4.79 Å². The van der Waals surface area contributed by atoms with Gasteiger partial charge in [0.05, 0.1) is 13.2 Å². The lowest BCUT2D eigenvalue weighted by Gasteiger charge is -2.08.